The molecule has 2 rings (SSSR count). The number of nitrogen functional groups attached to an aromatic ring is 1. The molecule has 1 aromatic carbocycles. The number of benzene rings is 1. The second-order valence-corrected chi connectivity index (χ2v) is 5.03. The van der Waals surface area contributed by atoms with Crippen molar-refractivity contribution in [1.29, 1.82) is 0 Å². The molecule has 20 heavy (non-hydrogen) atoms. The monoisotopic (exact) mass is 277 g/mol. The second-order valence-electron chi connectivity index (χ2n) is 5.03. The van der Waals surface area contributed by atoms with E-state index in [1.807, 2.05) is 6.07 Å². The van der Waals surface area contributed by atoms with Crippen LogP contribution >= 0.6 is 0 Å². The highest BCUT2D eigenvalue weighted by molar-refractivity contribution is 5.96. The van der Waals surface area contributed by atoms with Crippen LogP contribution < -0.4 is 16.0 Å². The number of likely N-dealkylation sites (N-methyl/N-ethyl adjacent to an activating group) is 1. The molecule has 1 unspecified atom stereocenters. The van der Waals surface area contributed by atoms with E-state index in [0.717, 1.165) is 38.2 Å². The molecule has 1 aliphatic rings. The van der Waals surface area contributed by atoms with Crippen molar-refractivity contribution in [2.75, 3.05) is 37.4 Å². The van der Waals surface area contributed by atoms with Crippen molar-refractivity contribution < 1.29 is 9.53 Å². The summed E-state index contributed by atoms with van der Waals surface area (Å²) in [5.74, 6) is -0.0978. The van der Waals surface area contributed by atoms with E-state index >= 15 is 0 Å². The number of ether oxygens (including phenoxy) is 1. The van der Waals surface area contributed by atoms with E-state index in [1.165, 1.54) is 0 Å². The molecule has 0 aromatic heterocycles. The van der Waals surface area contributed by atoms with Crippen LogP contribution in [0, 0.1) is 0 Å². The van der Waals surface area contributed by atoms with E-state index in [-0.39, 0.29) is 12.0 Å². The number of nitrogens with two attached hydrogens (primary N) is 1. The lowest BCUT2D eigenvalue weighted by Crippen LogP contribution is -2.32. The number of rotatable bonds is 5. The summed E-state index contributed by atoms with van der Waals surface area (Å²) >= 11 is 0. The van der Waals surface area contributed by atoms with Gasteiger partial charge >= 0.3 is 0 Å². The Hall–Kier alpha value is -1.75. The van der Waals surface area contributed by atoms with Gasteiger partial charge in [0.1, 0.15) is 0 Å². The molecule has 1 aliphatic heterocycles. The van der Waals surface area contributed by atoms with Crippen LogP contribution in [0.3, 0.4) is 0 Å². The number of hydrogen-bond donors (Lipinski definition) is 2. The SMILES string of the molecule is CCN(CC1CCCO1)c1cc(C(=O)NC)ccc1N. The predicted octanol–water partition coefficient (Wildman–Crippen LogP) is 1.63. The van der Waals surface area contributed by atoms with Crippen LogP contribution in [0.1, 0.15) is 30.1 Å². The molecule has 0 spiro atoms. The van der Waals surface area contributed by atoms with E-state index in [2.05, 4.69) is 17.1 Å². The smallest absolute Gasteiger partial charge is 0.251 e. The van der Waals surface area contributed by atoms with Crippen molar-refractivity contribution >= 4 is 17.3 Å². The van der Waals surface area contributed by atoms with Gasteiger partial charge in [0, 0.05) is 32.3 Å². The average molecular weight is 277 g/mol. The van der Waals surface area contributed by atoms with E-state index < -0.39 is 0 Å². The zero-order valence-electron chi connectivity index (χ0n) is 12.2. The molecule has 1 aromatic rings. The van der Waals surface area contributed by atoms with E-state index in [0.29, 0.717) is 11.3 Å². The Morgan fingerprint density at radius 2 is 2.35 bits per heavy atom. The first-order valence-electron chi connectivity index (χ1n) is 7.13. The van der Waals surface area contributed by atoms with Crippen molar-refractivity contribution in [3.63, 3.8) is 0 Å². The Morgan fingerprint density at radius 3 is 2.95 bits per heavy atom. The lowest BCUT2D eigenvalue weighted by atomic mass is 10.1. The van der Waals surface area contributed by atoms with Crippen molar-refractivity contribution in [3.05, 3.63) is 23.8 Å². The lowest BCUT2D eigenvalue weighted by molar-refractivity contribution is 0.0963. The molecule has 0 aliphatic carbocycles. The molecule has 5 nitrogen and oxygen atoms in total. The van der Waals surface area contributed by atoms with Crippen molar-refractivity contribution in [1.82, 2.24) is 5.32 Å². The molecule has 1 amide bonds. The minimum absolute atomic E-state index is 0.0978. The standard InChI is InChI=1S/C15H23N3O2/c1-3-18(10-12-5-4-8-20-12)14-9-11(15(19)17-2)6-7-13(14)16/h6-7,9,12H,3-5,8,10,16H2,1-2H3,(H,17,19). The van der Waals surface area contributed by atoms with Gasteiger partial charge in [0.05, 0.1) is 17.5 Å². The minimum atomic E-state index is -0.0978. The summed E-state index contributed by atoms with van der Waals surface area (Å²) in [5.41, 5.74) is 8.29. The fourth-order valence-electron chi connectivity index (χ4n) is 2.54. The van der Waals surface area contributed by atoms with Gasteiger partial charge in [-0.3, -0.25) is 4.79 Å². The third kappa shape index (κ3) is 3.22. The molecule has 3 N–H and O–H groups in total. The minimum Gasteiger partial charge on any atom is -0.397 e. The second kappa shape index (κ2) is 6.61. The first kappa shape index (κ1) is 14.7. The molecule has 1 fully saturated rings. The number of carbonyl (C=O) groups is 1. The fraction of sp³-hybridized carbons (Fsp3) is 0.533. The van der Waals surface area contributed by atoms with Gasteiger partial charge in [0.2, 0.25) is 0 Å². The Kier molecular flexibility index (Phi) is 4.84. The number of hydrogen-bond acceptors (Lipinski definition) is 4. The van der Waals surface area contributed by atoms with Crippen LogP contribution in [0.25, 0.3) is 0 Å². The highest BCUT2D eigenvalue weighted by Gasteiger charge is 2.20. The van der Waals surface area contributed by atoms with Gasteiger partial charge in [-0.1, -0.05) is 0 Å². The topological polar surface area (TPSA) is 67.6 Å². The van der Waals surface area contributed by atoms with E-state index in [1.54, 1.807) is 19.2 Å². The highest BCUT2D eigenvalue weighted by atomic mass is 16.5. The number of nitrogens with zero attached hydrogens (tertiary/aromatic N) is 1. The van der Waals surface area contributed by atoms with E-state index in [9.17, 15) is 4.79 Å². The van der Waals surface area contributed by atoms with Gasteiger partial charge in [-0.05, 0) is 38.0 Å². The number of carbonyl (C=O) groups excluding carboxylic acids is 1. The number of amides is 1. The Balaban J connectivity index is 2.20. The maximum atomic E-state index is 11.7. The summed E-state index contributed by atoms with van der Waals surface area (Å²) in [6, 6.07) is 5.39. The van der Waals surface area contributed by atoms with Gasteiger partial charge in [-0.2, -0.15) is 0 Å². The van der Waals surface area contributed by atoms with Gasteiger partial charge < -0.3 is 20.7 Å². The molecule has 1 heterocycles. The van der Waals surface area contributed by atoms with Crippen molar-refractivity contribution in [2.24, 2.45) is 0 Å². The summed E-state index contributed by atoms with van der Waals surface area (Å²) in [6.45, 7) is 4.58. The summed E-state index contributed by atoms with van der Waals surface area (Å²) < 4.78 is 5.68. The average Bonchev–Trinajstić information content (AvgIpc) is 2.97. The zero-order valence-corrected chi connectivity index (χ0v) is 12.2. The molecule has 5 heteroatoms. The Labute approximate surface area is 120 Å². The third-order valence-corrected chi connectivity index (χ3v) is 3.69. The largest absolute Gasteiger partial charge is 0.397 e. The van der Waals surface area contributed by atoms with Gasteiger partial charge in [-0.25, -0.2) is 0 Å². The lowest BCUT2D eigenvalue weighted by Gasteiger charge is -2.27. The predicted molar refractivity (Wildman–Crippen MR) is 81.1 cm³/mol. The van der Waals surface area contributed by atoms with E-state index in [4.69, 9.17) is 10.5 Å². The van der Waals surface area contributed by atoms with Crippen LogP contribution in [-0.4, -0.2) is 38.8 Å². The third-order valence-electron chi connectivity index (χ3n) is 3.69. The summed E-state index contributed by atoms with van der Waals surface area (Å²) in [7, 11) is 1.63. The number of nitrogens with one attached hydrogen (secondary N) is 1. The maximum Gasteiger partial charge on any atom is 0.251 e. The van der Waals surface area contributed by atoms with Crippen LogP contribution in [0.4, 0.5) is 11.4 Å². The molecular weight excluding hydrogens is 254 g/mol. The molecular formula is C15H23N3O2. The first-order chi connectivity index (χ1) is 9.65. The molecule has 0 bridgehead atoms. The number of anilines is 2. The Bertz CT molecular complexity index is 470. The molecule has 0 radical (unpaired) electrons. The van der Waals surface area contributed by atoms with Crippen molar-refractivity contribution in [2.45, 2.75) is 25.9 Å². The fourth-order valence-corrected chi connectivity index (χ4v) is 2.54. The molecule has 110 valence electrons. The summed E-state index contributed by atoms with van der Waals surface area (Å²) in [4.78, 5) is 13.9. The quantitative estimate of drug-likeness (QED) is 0.803. The first-order valence-corrected chi connectivity index (χ1v) is 7.13. The van der Waals surface area contributed by atoms with Crippen LogP contribution in [0.5, 0.6) is 0 Å². The van der Waals surface area contributed by atoms with Gasteiger partial charge in [0.15, 0.2) is 0 Å². The normalized spacial score (nSPS) is 18.0. The highest BCUT2D eigenvalue weighted by Crippen LogP contribution is 2.26. The maximum absolute atomic E-state index is 11.7. The van der Waals surface area contributed by atoms with Crippen molar-refractivity contribution in [3.8, 4) is 0 Å². The molecule has 1 saturated heterocycles. The molecule has 1 atom stereocenters. The van der Waals surface area contributed by atoms with Crippen LogP contribution in [-0.2, 0) is 4.74 Å². The van der Waals surface area contributed by atoms with Gasteiger partial charge in [-0.15, -0.1) is 0 Å². The Morgan fingerprint density at radius 1 is 1.55 bits per heavy atom. The summed E-state index contributed by atoms with van der Waals surface area (Å²) in [5, 5.41) is 2.64. The van der Waals surface area contributed by atoms with Crippen LogP contribution in [0.15, 0.2) is 18.2 Å². The van der Waals surface area contributed by atoms with Gasteiger partial charge in [0.25, 0.3) is 5.91 Å². The zero-order chi connectivity index (χ0) is 14.5. The van der Waals surface area contributed by atoms with Crippen LogP contribution in [0.2, 0.25) is 0 Å². The summed E-state index contributed by atoms with van der Waals surface area (Å²) in [6.07, 6.45) is 2.47. The molecule has 0 saturated carbocycles.